The molecule has 0 radical (unpaired) electrons. The summed E-state index contributed by atoms with van der Waals surface area (Å²) in [5, 5.41) is 5.64. The van der Waals surface area contributed by atoms with Gasteiger partial charge in [-0.05, 0) is 18.2 Å². The zero-order valence-corrected chi connectivity index (χ0v) is 11.6. The highest BCUT2D eigenvalue weighted by atomic mass is 35.5. The number of amides is 2. The first-order chi connectivity index (χ1) is 8.43. The van der Waals surface area contributed by atoms with Crippen LogP contribution in [0.4, 0.5) is 11.4 Å². The van der Waals surface area contributed by atoms with Crippen LogP contribution in [0.1, 0.15) is 13.8 Å². The Labute approximate surface area is 116 Å². The van der Waals surface area contributed by atoms with Crippen LogP contribution in [0, 0.1) is 5.92 Å². The molecular formula is C12H14Cl2N2O2. The molecule has 0 aliphatic rings. The van der Waals surface area contributed by atoms with Gasteiger partial charge in [-0.1, -0.05) is 18.5 Å². The van der Waals surface area contributed by atoms with Gasteiger partial charge in [-0.2, -0.15) is 0 Å². The smallest absolute Gasteiger partial charge is 0.228 e. The number of benzene rings is 1. The van der Waals surface area contributed by atoms with E-state index in [9.17, 15) is 9.59 Å². The number of hydrogen-bond donors (Lipinski definition) is 2. The maximum Gasteiger partial charge on any atom is 0.228 e. The van der Waals surface area contributed by atoms with Crippen LogP contribution in [-0.4, -0.2) is 17.7 Å². The summed E-state index contributed by atoms with van der Waals surface area (Å²) >= 11 is 11.6. The van der Waals surface area contributed by atoms with Crippen molar-refractivity contribution in [3.8, 4) is 0 Å². The first-order valence-electron chi connectivity index (χ1n) is 5.38. The second-order valence-corrected chi connectivity index (χ2v) is 4.64. The molecule has 2 amide bonds. The molecule has 18 heavy (non-hydrogen) atoms. The highest BCUT2D eigenvalue weighted by Crippen LogP contribution is 2.25. The SMILES string of the molecule is CC(=O)Nc1ccc(NC(=O)C(C)CCl)cc1Cl. The van der Waals surface area contributed by atoms with Gasteiger partial charge >= 0.3 is 0 Å². The lowest BCUT2D eigenvalue weighted by molar-refractivity contribution is -0.118. The third kappa shape index (κ3) is 4.20. The topological polar surface area (TPSA) is 58.2 Å². The van der Waals surface area contributed by atoms with Crippen molar-refractivity contribution >= 4 is 46.4 Å². The zero-order chi connectivity index (χ0) is 13.7. The van der Waals surface area contributed by atoms with Gasteiger partial charge in [-0.15, -0.1) is 11.6 Å². The third-order valence-electron chi connectivity index (χ3n) is 2.23. The second kappa shape index (κ2) is 6.61. The van der Waals surface area contributed by atoms with Gasteiger partial charge in [-0.3, -0.25) is 9.59 Å². The maximum absolute atomic E-state index is 11.6. The molecule has 1 rings (SSSR count). The van der Waals surface area contributed by atoms with Crippen LogP contribution in [0.2, 0.25) is 5.02 Å². The van der Waals surface area contributed by atoms with Crippen LogP contribution in [0.3, 0.4) is 0 Å². The fourth-order valence-corrected chi connectivity index (χ4v) is 1.59. The first-order valence-corrected chi connectivity index (χ1v) is 6.29. The minimum absolute atomic E-state index is 0.173. The summed E-state index contributed by atoms with van der Waals surface area (Å²) in [5.41, 5.74) is 1.07. The summed E-state index contributed by atoms with van der Waals surface area (Å²) in [6.45, 7) is 3.13. The van der Waals surface area contributed by atoms with Crippen LogP contribution in [0.15, 0.2) is 18.2 Å². The molecular weight excluding hydrogens is 275 g/mol. The molecule has 6 heteroatoms. The number of halogens is 2. The van der Waals surface area contributed by atoms with Gasteiger partial charge in [0.1, 0.15) is 0 Å². The summed E-state index contributed by atoms with van der Waals surface area (Å²) in [6, 6.07) is 4.87. The van der Waals surface area contributed by atoms with Gasteiger partial charge in [0.15, 0.2) is 0 Å². The van der Waals surface area contributed by atoms with E-state index in [-0.39, 0.29) is 23.6 Å². The molecule has 0 aliphatic carbocycles. The quantitative estimate of drug-likeness (QED) is 0.837. The van der Waals surface area contributed by atoms with Crippen molar-refractivity contribution in [2.75, 3.05) is 16.5 Å². The van der Waals surface area contributed by atoms with Crippen molar-refractivity contribution in [3.63, 3.8) is 0 Å². The van der Waals surface area contributed by atoms with Crippen LogP contribution in [0.25, 0.3) is 0 Å². The summed E-state index contributed by atoms with van der Waals surface area (Å²) in [4.78, 5) is 22.5. The highest BCUT2D eigenvalue weighted by molar-refractivity contribution is 6.34. The van der Waals surface area contributed by atoms with Gasteiger partial charge in [0.2, 0.25) is 11.8 Å². The predicted molar refractivity (Wildman–Crippen MR) is 74.3 cm³/mol. The minimum atomic E-state index is -0.277. The van der Waals surface area contributed by atoms with Crippen LogP contribution >= 0.6 is 23.2 Å². The van der Waals surface area contributed by atoms with E-state index in [0.29, 0.717) is 16.4 Å². The summed E-state index contributed by atoms with van der Waals surface area (Å²) in [5.74, 6) is -0.401. The average molecular weight is 289 g/mol. The molecule has 0 aliphatic heterocycles. The largest absolute Gasteiger partial charge is 0.326 e. The Hall–Kier alpha value is -1.26. The Bertz CT molecular complexity index is 463. The van der Waals surface area contributed by atoms with Gasteiger partial charge in [0.25, 0.3) is 0 Å². The third-order valence-corrected chi connectivity index (χ3v) is 3.00. The summed E-state index contributed by atoms with van der Waals surface area (Å²) < 4.78 is 0. The number of carbonyl (C=O) groups is 2. The number of carbonyl (C=O) groups excluding carboxylic acids is 2. The Morgan fingerprint density at radius 3 is 2.50 bits per heavy atom. The Balaban J connectivity index is 2.78. The molecule has 1 unspecified atom stereocenters. The van der Waals surface area contributed by atoms with E-state index in [1.165, 1.54) is 6.92 Å². The van der Waals surface area contributed by atoms with Crippen molar-refractivity contribution in [1.29, 1.82) is 0 Å². The zero-order valence-electron chi connectivity index (χ0n) is 10.1. The van der Waals surface area contributed by atoms with E-state index in [1.807, 2.05) is 0 Å². The molecule has 2 N–H and O–H groups in total. The fourth-order valence-electron chi connectivity index (χ4n) is 1.22. The molecule has 98 valence electrons. The molecule has 0 saturated heterocycles. The number of hydrogen-bond acceptors (Lipinski definition) is 2. The number of anilines is 2. The van der Waals surface area contributed by atoms with Crippen LogP contribution in [-0.2, 0) is 9.59 Å². The number of alkyl halides is 1. The van der Waals surface area contributed by atoms with Gasteiger partial charge < -0.3 is 10.6 Å². The lowest BCUT2D eigenvalue weighted by Crippen LogP contribution is -2.21. The van der Waals surface area contributed by atoms with Crippen molar-refractivity contribution < 1.29 is 9.59 Å². The standard InChI is InChI=1S/C12H14Cl2N2O2/c1-7(6-13)12(18)16-9-3-4-11(10(14)5-9)15-8(2)17/h3-5,7H,6H2,1-2H3,(H,15,17)(H,16,18). The lowest BCUT2D eigenvalue weighted by atomic mass is 10.2. The number of nitrogens with one attached hydrogen (secondary N) is 2. The molecule has 0 bridgehead atoms. The predicted octanol–water partition coefficient (Wildman–Crippen LogP) is 3.11. The monoisotopic (exact) mass is 288 g/mol. The normalized spacial score (nSPS) is 11.8. The number of rotatable bonds is 4. The fraction of sp³-hybridized carbons (Fsp3) is 0.333. The average Bonchev–Trinajstić information content (AvgIpc) is 2.31. The van der Waals surface area contributed by atoms with Gasteiger partial charge in [0.05, 0.1) is 10.7 Å². The van der Waals surface area contributed by atoms with E-state index in [1.54, 1.807) is 25.1 Å². The minimum Gasteiger partial charge on any atom is -0.326 e. The van der Waals surface area contributed by atoms with Crippen LogP contribution < -0.4 is 10.6 Å². The molecule has 1 atom stereocenters. The molecule has 0 fully saturated rings. The van der Waals surface area contributed by atoms with E-state index < -0.39 is 0 Å². The Kier molecular flexibility index (Phi) is 5.44. The van der Waals surface area contributed by atoms with Crippen molar-refractivity contribution in [1.82, 2.24) is 0 Å². The van der Waals surface area contributed by atoms with Crippen molar-refractivity contribution in [2.24, 2.45) is 5.92 Å². The molecule has 0 saturated carbocycles. The molecule has 4 nitrogen and oxygen atoms in total. The van der Waals surface area contributed by atoms with Gasteiger partial charge in [0, 0.05) is 24.4 Å². The van der Waals surface area contributed by atoms with Gasteiger partial charge in [-0.25, -0.2) is 0 Å². The first kappa shape index (κ1) is 14.8. The molecule has 1 aromatic rings. The summed E-state index contributed by atoms with van der Waals surface area (Å²) in [7, 11) is 0. The highest BCUT2D eigenvalue weighted by Gasteiger charge is 2.12. The molecule has 0 heterocycles. The van der Waals surface area contributed by atoms with Crippen LogP contribution in [0.5, 0.6) is 0 Å². The van der Waals surface area contributed by atoms with Crippen molar-refractivity contribution in [3.05, 3.63) is 23.2 Å². The van der Waals surface area contributed by atoms with E-state index in [0.717, 1.165) is 0 Å². The van der Waals surface area contributed by atoms with E-state index in [2.05, 4.69) is 10.6 Å². The lowest BCUT2D eigenvalue weighted by Gasteiger charge is -2.11. The Morgan fingerprint density at radius 2 is 2.00 bits per heavy atom. The molecule has 0 aromatic heterocycles. The molecule has 1 aromatic carbocycles. The molecule has 0 spiro atoms. The maximum atomic E-state index is 11.6. The second-order valence-electron chi connectivity index (χ2n) is 3.92. The van der Waals surface area contributed by atoms with E-state index in [4.69, 9.17) is 23.2 Å². The summed E-state index contributed by atoms with van der Waals surface area (Å²) in [6.07, 6.45) is 0. The van der Waals surface area contributed by atoms with Crippen molar-refractivity contribution in [2.45, 2.75) is 13.8 Å². The van der Waals surface area contributed by atoms with E-state index >= 15 is 0 Å². The Morgan fingerprint density at radius 1 is 1.33 bits per heavy atom.